The van der Waals surface area contributed by atoms with Gasteiger partial charge in [-0.05, 0) is 6.07 Å². The number of nitrogens with zero attached hydrogens (tertiary/aromatic N) is 2. The van der Waals surface area contributed by atoms with Gasteiger partial charge in [0.05, 0.1) is 23.7 Å². The molecule has 0 radical (unpaired) electrons. The molecule has 3 rings (SSSR count). The predicted octanol–water partition coefficient (Wildman–Crippen LogP) is 1.74. The first kappa shape index (κ1) is 12.2. The summed E-state index contributed by atoms with van der Waals surface area (Å²) in [6.07, 6.45) is 3.11. The van der Waals surface area contributed by atoms with Gasteiger partial charge in [0.1, 0.15) is 5.69 Å². The van der Waals surface area contributed by atoms with Gasteiger partial charge in [-0.1, -0.05) is 30.3 Å². The van der Waals surface area contributed by atoms with Gasteiger partial charge in [-0.3, -0.25) is 14.6 Å². The molecule has 1 N–H and O–H groups in total. The van der Waals surface area contributed by atoms with E-state index in [2.05, 4.69) is 15.0 Å². The average molecular weight is 265 g/mol. The molecule has 2 aromatic heterocycles. The van der Waals surface area contributed by atoms with Crippen LogP contribution >= 0.6 is 0 Å². The average Bonchev–Trinajstić information content (AvgIpc) is 2.49. The molecule has 0 spiro atoms. The van der Waals surface area contributed by atoms with Crippen LogP contribution in [-0.4, -0.2) is 20.7 Å². The van der Waals surface area contributed by atoms with Gasteiger partial charge in [0, 0.05) is 11.8 Å². The third-order valence-electron chi connectivity index (χ3n) is 2.99. The van der Waals surface area contributed by atoms with Crippen LogP contribution in [0.4, 0.5) is 0 Å². The molecule has 1 aromatic carbocycles. The number of H-pyrrole nitrogens is 1. The number of nitrogens with one attached hydrogen (secondary N) is 1. The first-order valence-electron chi connectivity index (χ1n) is 6.15. The summed E-state index contributed by atoms with van der Waals surface area (Å²) in [5.74, 6) is -0.128. The van der Waals surface area contributed by atoms with Crippen LogP contribution in [0, 0.1) is 0 Å². The van der Waals surface area contributed by atoms with E-state index in [4.69, 9.17) is 0 Å². The van der Waals surface area contributed by atoms with Crippen molar-refractivity contribution in [1.82, 2.24) is 15.0 Å². The second kappa shape index (κ2) is 5.05. The van der Waals surface area contributed by atoms with Gasteiger partial charge in [-0.25, -0.2) is 4.98 Å². The number of pyridine rings is 1. The lowest BCUT2D eigenvalue weighted by atomic mass is 10.1. The molecule has 0 unspecified atom stereocenters. The number of hydrogen-bond donors (Lipinski definition) is 1. The van der Waals surface area contributed by atoms with Gasteiger partial charge in [0.25, 0.3) is 5.56 Å². The number of aromatic nitrogens is 3. The molecule has 0 amide bonds. The Morgan fingerprint density at radius 3 is 2.75 bits per heavy atom. The molecule has 0 aliphatic carbocycles. The summed E-state index contributed by atoms with van der Waals surface area (Å²) >= 11 is 0. The molecular formula is C15H11N3O2. The Morgan fingerprint density at radius 1 is 1.15 bits per heavy atom. The van der Waals surface area contributed by atoms with E-state index in [0.717, 1.165) is 0 Å². The van der Waals surface area contributed by atoms with Crippen LogP contribution in [0.5, 0.6) is 0 Å². The molecule has 0 atom stereocenters. The van der Waals surface area contributed by atoms with E-state index in [1.807, 2.05) is 6.07 Å². The third kappa shape index (κ3) is 2.33. The number of carbonyl (C=O) groups is 1. The van der Waals surface area contributed by atoms with Gasteiger partial charge in [0.15, 0.2) is 5.78 Å². The second-order valence-electron chi connectivity index (χ2n) is 4.37. The number of carbonyl (C=O) groups excluding carboxylic acids is 1. The number of fused-ring (bicyclic) bond motifs is 1. The van der Waals surface area contributed by atoms with Gasteiger partial charge in [-0.15, -0.1) is 0 Å². The van der Waals surface area contributed by atoms with Crippen LogP contribution in [0.15, 0.2) is 53.6 Å². The van der Waals surface area contributed by atoms with Crippen LogP contribution in [-0.2, 0) is 6.42 Å². The van der Waals surface area contributed by atoms with Crippen LogP contribution in [0.1, 0.15) is 16.1 Å². The SMILES string of the molecule is O=C(Cc1nc2ccncc2[nH]c1=O)c1ccccc1. The van der Waals surface area contributed by atoms with E-state index in [1.165, 1.54) is 6.20 Å². The first-order valence-corrected chi connectivity index (χ1v) is 6.15. The topological polar surface area (TPSA) is 75.7 Å². The Bertz CT molecular complexity index is 825. The highest BCUT2D eigenvalue weighted by atomic mass is 16.1. The fourth-order valence-electron chi connectivity index (χ4n) is 1.97. The summed E-state index contributed by atoms with van der Waals surface area (Å²) in [6, 6.07) is 10.6. The van der Waals surface area contributed by atoms with Crippen molar-refractivity contribution in [2.45, 2.75) is 6.42 Å². The zero-order valence-electron chi connectivity index (χ0n) is 10.5. The number of Topliss-reactive ketones (excluding diaryl/α,β-unsaturated/α-hetero) is 1. The van der Waals surface area contributed by atoms with Crippen molar-refractivity contribution in [3.8, 4) is 0 Å². The van der Waals surface area contributed by atoms with Crippen molar-refractivity contribution >= 4 is 16.8 Å². The maximum absolute atomic E-state index is 12.1. The Hall–Kier alpha value is -2.82. The van der Waals surface area contributed by atoms with E-state index in [-0.39, 0.29) is 23.5 Å². The van der Waals surface area contributed by atoms with Gasteiger partial charge >= 0.3 is 0 Å². The van der Waals surface area contributed by atoms with E-state index in [1.54, 1.807) is 36.5 Å². The van der Waals surface area contributed by atoms with Crippen molar-refractivity contribution in [3.05, 3.63) is 70.4 Å². The zero-order valence-corrected chi connectivity index (χ0v) is 10.5. The number of rotatable bonds is 3. The van der Waals surface area contributed by atoms with Crippen molar-refractivity contribution in [2.75, 3.05) is 0 Å². The number of benzene rings is 1. The maximum Gasteiger partial charge on any atom is 0.270 e. The smallest absolute Gasteiger partial charge is 0.270 e. The summed E-state index contributed by atoms with van der Waals surface area (Å²) in [7, 11) is 0. The van der Waals surface area contributed by atoms with E-state index in [9.17, 15) is 9.59 Å². The zero-order chi connectivity index (χ0) is 13.9. The van der Waals surface area contributed by atoms with Gasteiger partial charge < -0.3 is 4.98 Å². The minimum Gasteiger partial charge on any atom is -0.318 e. The minimum absolute atomic E-state index is 0.0163. The molecule has 3 aromatic rings. The molecule has 2 heterocycles. The Labute approximate surface area is 114 Å². The molecule has 5 heteroatoms. The number of hydrogen-bond acceptors (Lipinski definition) is 4. The van der Waals surface area contributed by atoms with Crippen molar-refractivity contribution in [1.29, 1.82) is 0 Å². The van der Waals surface area contributed by atoms with E-state index < -0.39 is 0 Å². The van der Waals surface area contributed by atoms with Crippen molar-refractivity contribution in [2.24, 2.45) is 0 Å². The van der Waals surface area contributed by atoms with Crippen LogP contribution in [0.2, 0.25) is 0 Å². The van der Waals surface area contributed by atoms with Gasteiger partial charge in [0.2, 0.25) is 0 Å². The van der Waals surface area contributed by atoms with Crippen LogP contribution < -0.4 is 5.56 Å². The van der Waals surface area contributed by atoms with Crippen molar-refractivity contribution < 1.29 is 4.79 Å². The minimum atomic E-state index is -0.352. The molecule has 98 valence electrons. The molecule has 0 saturated carbocycles. The maximum atomic E-state index is 12.1. The number of ketones is 1. The number of aromatic amines is 1. The van der Waals surface area contributed by atoms with Crippen LogP contribution in [0.25, 0.3) is 11.0 Å². The molecule has 0 bridgehead atoms. The summed E-state index contributed by atoms with van der Waals surface area (Å²) in [5.41, 5.74) is 1.62. The predicted molar refractivity (Wildman–Crippen MR) is 74.6 cm³/mol. The Morgan fingerprint density at radius 2 is 1.95 bits per heavy atom. The highest BCUT2D eigenvalue weighted by Crippen LogP contribution is 2.07. The fourth-order valence-corrected chi connectivity index (χ4v) is 1.97. The first-order chi connectivity index (χ1) is 9.74. The van der Waals surface area contributed by atoms with Gasteiger partial charge in [-0.2, -0.15) is 0 Å². The summed E-state index contributed by atoms with van der Waals surface area (Å²) in [4.78, 5) is 34.8. The highest BCUT2D eigenvalue weighted by Gasteiger charge is 2.11. The lowest BCUT2D eigenvalue weighted by Gasteiger charge is -2.02. The lowest BCUT2D eigenvalue weighted by Crippen LogP contribution is -2.19. The summed E-state index contributed by atoms with van der Waals surface area (Å²) in [5, 5.41) is 0. The summed E-state index contributed by atoms with van der Waals surface area (Å²) < 4.78 is 0. The molecule has 0 fully saturated rings. The monoisotopic (exact) mass is 265 g/mol. The highest BCUT2D eigenvalue weighted by molar-refractivity contribution is 5.97. The van der Waals surface area contributed by atoms with E-state index in [0.29, 0.717) is 16.6 Å². The summed E-state index contributed by atoms with van der Waals surface area (Å²) in [6.45, 7) is 0. The second-order valence-corrected chi connectivity index (χ2v) is 4.37. The van der Waals surface area contributed by atoms with E-state index >= 15 is 0 Å². The molecule has 0 aliphatic rings. The van der Waals surface area contributed by atoms with Crippen LogP contribution in [0.3, 0.4) is 0 Å². The standard InChI is InChI=1S/C15H11N3O2/c19-14(10-4-2-1-3-5-10)8-12-15(20)18-13-9-16-7-6-11(13)17-12/h1-7,9H,8H2,(H,18,20). The Balaban J connectivity index is 1.97. The van der Waals surface area contributed by atoms with Crippen molar-refractivity contribution in [3.63, 3.8) is 0 Å². The molecule has 20 heavy (non-hydrogen) atoms. The molecular weight excluding hydrogens is 254 g/mol. The molecule has 0 saturated heterocycles. The molecule has 0 aliphatic heterocycles. The third-order valence-corrected chi connectivity index (χ3v) is 2.99. The fraction of sp³-hybridized carbons (Fsp3) is 0.0667. The quantitative estimate of drug-likeness (QED) is 0.732. The lowest BCUT2D eigenvalue weighted by molar-refractivity contribution is 0.0991. The molecule has 5 nitrogen and oxygen atoms in total. The Kier molecular flexibility index (Phi) is 3.09. The largest absolute Gasteiger partial charge is 0.318 e. The normalized spacial score (nSPS) is 10.6.